The molecule has 3 N–H and O–H groups in total. The van der Waals surface area contributed by atoms with Crippen LogP contribution in [0.3, 0.4) is 0 Å². The van der Waals surface area contributed by atoms with Crippen LogP contribution in [-0.4, -0.2) is 38.7 Å². The molecule has 3 aromatic rings. The lowest BCUT2D eigenvalue weighted by atomic mass is 10.1. The number of halogens is 1. The van der Waals surface area contributed by atoms with Crippen molar-refractivity contribution >= 4 is 25.7 Å². The predicted molar refractivity (Wildman–Crippen MR) is 125 cm³/mol. The minimum absolute atomic E-state index is 0.0537. The van der Waals surface area contributed by atoms with Crippen LogP contribution in [0.4, 0.5) is 10.2 Å². The highest BCUT2D eigenvalue weighted by Gasteiger charge is 2.31. The Balaban J connectivity index is 1.51. The van der Waals surface area contributed by atoms with Gasteiger partial charge >= 0.3 is 5.69 Å². The molecule has 9 nitrogen and oxygen atoms in total. The minimum atomic E-state index is -3.88. The van der Waals surface area contributed by atoms with E-state index in [0.29, 0.717) is 30.4 Å². The van der Waals surface area contributed by atoms with Gasteiger partial charge in [0.2, 0.25) is 10.0 Å². The van der Waals surface area contributed by atoms with Crippen molar-refractivity contribution < 1.29 is 21.2 Å². The number of hydrogen-bond acceptors (Lipinski definition) is 7. The second-order valence-corrected chi connectivity index (χ2v) is 12.0. The summed E-state index contributed by atoms with van der Waals surface area (Å²) in [5.41, 5.74) is 5.93. The van der Waals surface area contributed by atoms with Crippen LogP contribution in [0.25, 0.3) is 11.1 Å². The van der Waals surface area contributed by atoms with Gasteiger partial charge in [-0.1, -0.05) is 24.3 Å². The zero-order valence-electron chi connectivity index (χ0n) is 18.2. The van der Waals surface area contributed by atoms with E-state index in [1.807, 2.05) is 0 Å². The third-order valence-corrected chi connectivity index (χ3v) is 8.46. The maximum absolute atomic E-state index is 13.8. The van der Waals surface area contributed by atoms with Crippen LogP contribution in [0, 0.1) is 5.82 Å². The number of nitrogens with zero attached hydrogens (tertiary/aromatic N) is 2. The molecule has 0 aliphatic heterocycles. The molecule has 0 spiro atoms. The van der Waals surface area contributed by atoms with Crippen molar-refractivity contribution in [2.75, 3.05) is 12.0 Å². The van der Waals surface area contributed by atoms with Gasteiger partial charge in [0.25, 0.3) is 0 Å². The fourth-order valence-electron chi connectivity index (χ4n) is 4.06. The molecule has 1 aliphatic carbocycles. The van der Waals surface area contributed by atoms with E-state index >= 15 is 0 Å². The minimum Gasteiger partial charge on any atom is -0.381 e. The van der Waals surface area contributed by atoms with Gasteiger partial charge in [-0.15, -0.1) is 0 Å². The van der Waals surface area contributed by atoms with Crippen molar-refractivity contribution in [1.29, 1.82) is 0 Å². The Morgan fingerprint density at radius 3 is 2.41 bits per heavy atom. The summed E-state index contributed by atoms with van der Waals surface area (Å²) in [4.78, 5) is 15.8. The number of nitrogen functional groups attached to an aromatic ring is 1. The maximum atomic E-state index is 13.8. The standard InChI is InChI=1S/C22H23FN4O5S2/c1-33(29,30)18-9-5-14(6-10-18)15-3-2-4-19(11-15)34(31,32)26-16-7-8-17(12-16)27-13-20(23)21(24)25-22(27)28/h2-6,9-11,13,16-17,26H,7-8,12H2,1H3,(H2,24,25,28)/t16-,17-/m0/s1. The van der Waals surface area contributed by atoms with Gasteiger partial charge in [0, 0.05) is 24.5 Å². The van der Waals surface area contributed by atoms with Crippen LogP contribution >= 0.6 is 0 Å². The van der Waals surface area contributed by atoms with E-state index in [2.05, 4.69) is 9.71 Å². The average molecular weight is 507 g/mol. The topological polar surface area (TPSA) is 141 Å². The van der Waals surface area contributed by atoms with Gasteiger partial charge in [-0.3, -0.25) is 4.57 Å². The van der Waals surface area contributed by atoms with Gasteiger partial charge in [0.15, 0.2) is 21.5 Å². The van der Waals surface area contributed by atoms with E-state index in [1.54, 1.807) is 24.3 Å². The number of anilines is 1. The molecule has 2 atom stereocenters. The average Bonchev–Trinajstić information content (AvgIpc) is 3.23. The molecule has 34 heavy (non-hydrogen) atoms. The highest BCUT2D eigenvalue weighted by Crippen LogP contribution is 2.31. The molecular formula is C22H23FN4O5S2. The van der Waals surface area contributed by atoms with Gasteiger partial charge in [-0.2, -0.15) is 4.98 Å². The Hall–Kier alpha value is -3.09. The number of nitrogens with one attached hydrogen (secondary N) is 1. The molecule has 1 heterocycles. The first-order chi connectivity index (χ1) is 15.9. The zero-order valence-corrected chi connectivity index (χ0v) is 19.8. The van der Waals surface area contributed by atoms with E-state index in [0.717, 1.165) is 17.0 Å². The normalized spacial score (nSPS) is 18.8. The number of hydrogen-bond donors (Lipinski definition) is 2. The number of sulfone groups is 1. The van der Waals surface area contributed by atoms with Crippen LogP contribution in [0.15, 0.2) is 69.3 Å². The molecule has 1 aromatic heterocycles. The Morgan fingerprint density at radius 2 is 1.74 bits per heavy atom. The molecule has 1 saturated carbocycles. The van der Waals surface area contributed by atoms with Crippen LogP contribution in [0.1, 0.15) is 25.3 Å². The molecule has 4 rings (SSSR count). The summed E-state index contributed by atoms with van der Waals surface area (Å²) >= 11 is 0. The lowest BCUT2D eigenvalue weighted by Crippen LogP contribution is -2.34. The first kappa shape index (κ1) is 24.0. The lowest BCUT2D eigenvalue weighted by Gasteiger charge is -2.16. The van der Waals surface area contributed by atoms with Crippen molar-refractivity contribution in [3.63, 3.8) is 0 Å². The molecule has 1 fully saturated rings. The summed E-state index contributed by atoms with van der Waals surface area (Å²) in [6.07, 6.45) is 3.37. The number of sulfonamides is 1. The second-order valence-electron chi connectivity index (χ2n) is 8.27. The number of rotatable bonds is 6. The number of benzene rings is 2. The van der Waals surface area contributed by atoms with Crippen molar-refractivity contribution in [2.45, 2.75) is 41.1 Å². The van der Waals surface area contributed by atoms with Crippen LogP contribution < -0.4 is 16.1 Å². The van der Waals surface area contributed by atoms with Gasteiger partial charge in [-0.05, 0) is 54.7 Å². The van der Waals surface area contributed by atoms with E-state index in [-0.39, 0.29) is 9.79 Å². The SMILES string of the molecule is CS(=O)(=O)c1ccc(-c2cccc(S(=O)(=O)N[C@H]3CC[C@H](n4cc(F)c(N)nc4=O)C3)c2)cc1. The summed E-state index contributed by atoms with van der Waals surface area (Å²) < 4.78 is 66.9. The van der Waals surface area contributed by atoms with Gasteiger partial charge in [-0.25, -0.2) is 30.7 Å². The van der Waals surface area contributed by atoms with Crippen LogP contribution in [-0.2, 0) is 19.9 Å². The lowest BCUT2D eigenvalue weighted by molar-refractivity contribution is 0.461. The summed E-state index contributed by atoms with van der Waals surface area (Å²) in [5, 5.41) is 0. The fraction of sp³-hybridized carbons (Fsp3) is 0.273. The molecule has 2 aromatic carbocycles. The largest absolute Gasteiger partial charge is 0.381 e. The fourth-order valence-corrected chi connectivity index (χ4v) is 6.02. The zero-order chi connectivity index (χ0) is 24.7. The Kier molecular flexibility index (Phi) is 6.32. The number of aromatic nitrogens is 2. The number of nitrogens with two attached hydrogens (primary N) is 1. The summed E-state index contributed by atoms with van der Waals surface area (Å²) in [6, 6.07) is 11.6. The monoisotopic (exact) mass is 506 g/mol. The summed E-state index contributed by atoms with van der Waals surface area (Å²) in [7, 11) is -7.22. The smallest absolute Gasteiger partial charge is 0.349 e. The highest BCUT2D eigenvalue weighted by molar-refractivity contribution is 7.90. The molecule has 12 heteroatoms. The van der Waals surface area contributed by atoms with Crippen LogP contribution in [0.2, 0.25) is 0 Å². The van der Waals surface area contributed by atoms with Gasteiger partial charge in [0.1, 0.15) is 0 Å². The highest BCUT2D eigenvalue weighted by atomic mass is 32.2. The third kappa shape index (κ3) is 5.03. The first-order valence-electron chi connectivity index (χ1n) is 10.4. The van der Waals surface area contributed by atoms with E-state index in [1.165, 1.54) is 24.3 Å². The van der Waals surface area contributed by atoms with Crippen molar-refractivity contribution in [3.8, 4) is 11.1 Å². The Labute approximate surface area is 196 Å². The van der Waals surface area contributed by atoms with Gasteiger partial charge < -0.3 is 5.73 Å². The van der Waals surface area contributed by atoms with Crippen molar-refractivity contribution in [1.82, 2.24) is 14.3 Å². The van der Waals surface area contributed by atoms with E-state index in [9.17, 15) is 26.0 Å². The van der Waals surface area contributed by atoms with Gasteiger partial charge in [0.05, 0.1) is 9.79 Å². The molecule has 0 bridgehead atoms. The first-order valence-corrected chi connectivity index (χ1v) is 13.8. The molecule has 0 radical (unpaired) electrons. The molecule has 1 aliphatic rings. The predicted octanol–water partition coefficient (Wildman–Crippen LogP) is 2.11. The molecule has 0 amide bonds. The van der Waals surface area contributed by atoms with Crippen molar-refractivity contribution in [2.24, 2.45) is 0 Å². The molecule has 0 unspecified atom stereocenters. The molecule has 0 saturated heterocycles. The summed E-state index contributed by atoms with van der Waals surface area (Å²) in [5.74, 6) is -1.27. The van der Waals surface area contributed by atoms with E-state index in [4.69, 9.17) is 5.73 Å². The quantitative estimate of drug-likeness (QED) is 0.521. The molecular weight excluding hydrogens is 483 g/mol. The Bertz CT molecular complexity index is 1500. The maximum Gasteiger partial charge on any atom is 0.349 e. The Morgan fingerprint density at radius 1 is 1.03 bits per heavy atom. The van der Waals surface area contributed by atoms with Crippen molar-refractivity contribution in [3.05, 3.63) is 71.0 Å². The molecule has 180 valence electrons. The second kappa shape index (κ2) is 8.93. The third-order valence-electron chi connectivity index (χ3n) is 5.81. The summed E-state index contributed by atoms with van der Waals surface area (Å²) in [6.45, 7) is 0. The van der Waals surface area contributed by atoms with Crippen LogP contribution in [0.5, 0.6) is 0 Å². The van der Waals surface area contributed by atoms with E-state index < -0.39 is 49.3 Å².